The quantitative estimate of drug-likeness (QED) is 0.495. The second-order valence-corrected chi connectivity index (χ2v) is 2.56. The second-order valence-electron chi connectivity index (χ2n) is 2.56. The number of ether oxygens (including phenoxy) is 1. The Morgan fingerprint density at radius 3 is 2.21 bits per heavy atom. The number of hydrogen-bond acceptors (Lipinski definition) is 4. The van der Waals surface area contributed by atoms with Gasteiger partial charge in [0.2, 0.25) is 0 Å². The molecule has 1 aromatic rings. The lowest BCUT2D eigenvalue weighted by Crippen LogP contribution is -1.90. The highest BCUT2D eigenvalue weighted by Crippen LogP contribution is 2.17. The minimum atomic E-state index is 0.806. The van der Waals surface area contributed by atoms with Crippen molar-refractivity contribution < 1.29 is 4.74 Å². The number of benzene rings is 1. The zero-order valence-electron chi connectivity index (χ0n) is 8.37. The summed E-state index contributed by atoms with van der Waals surface area (Å²) in [5.41, 5.74) is 7.45. The molecule has 1 aromatic carbocycles. The van der Waals surface area contributed by atoms with Gasteiger partial charge in [-0.05, 0) is 30.7 Å². The Morgan fingerprint density at radius 2 is 1.86 bits per heavy atom. The summed E-state index contributed by atoms with van der Waals surface area (Å²) in [6.07, 6.45) is 1.83. The van der Waals surface area contributed by atoms with Gasteiger partial charge in [-0.2, -0.15) is 0 Å². The molecule has 0 fully saturated rings. The Hall–Kier alpha value is -1.84. The van der Waals surface area contributed by atoms with Crippen LogP contribution >= 0.6 is 0 Å². The van der Waals surface area contributed by atoms with Crippen LogP contribution in [0.25, 0.3) is 0 Å². The molecule has 0 bridgehead atoms. The molecule has 0 heterocycles. The highest BCUT2D eigenvalue weighted by atomic mass is 16.5. The van der Waals surface area contributed by atoms with Gasteiger partial charge < -0.3 is 21.3 Å². The maximum absolute atomic E-state index is 6.08. The lowest BCUT2D eigenvalue weighted by Gasteiger charge is -2.02. The summed E-state index contributed by atoms with van der Waals surface area (Å²) in [4.78, 5) is 0. The van der Waals surface area contributed by atoms with E-state index >= 15 is 0 Å². The van der Waals surface area contributed by atoms with Crippen molar-refractivity contribution in [1.82, 2.24) is 0 Å². The summed E-state index contributed by atoms with van der Waals surface area (Å²) in [6.45, 7) is 1.96. The Morgan fingerprint density at radius 1 is 1.29 bits per heavy atom. The number of nitrogens with one attached hydrogen (secondary N) is 2. The van der Waals surface area contributed by atoms with Gasteiger partial charge in [0.15, 0.2) is 0 Å². The first-order valence-electron chi connectivity index (χ1n) is 4.05. The zero-order chi connectivity index (χ0) is 11.0. The van der Waals surface area contributed by atoms with E-state index in [1.54, 1.807) is 7.11 Å². The Labute approximate surface area is 83.7 Å². The van der Waals surface area contributed by atoms with Gasteiger partial charge in [-0.25, -0.2) is 0 Å². The maximum Gasteiger partial charge on any atom is 0.119 e. The largest absolute Gasteiger partial charge is 0.497 e. The van der Waals surface area contributed by atoms with Crippen LogP contribution in [-0.4, -0.2) is 19.5 Å². The molecule has 0 aliphatic carbocycles. The molecular formula is C10H15N3O. The van der Waals surface area contributed by atoms with Gasteiger partial charge in [-0.15, -0.1) is 0 Å². The van der Waals surface area contributed by atoms with Crippen molar-refractivity contribution in [2.24, 2.45) is 0 Å². The summed E-state index contributed by atoms with van der Waals surface area (Å²) in [5, 5.41) is 12.2. The lowest BCUT2D eigenvalue weighted by molar-refractivity contribution is 0.414. The van der Waals surface area contributed by atoms with Crippen LogP contribution in [0.2, 0.25) is 0 Å². The average molecular weight is 193 g/mol. The molecule has 0 atom stereocenters. The van der Waals surface area contributed by atoms with Crippen molar-refractivity contribution in [3.63, 3.8) is 0 Å². The van der Waals surface area contributed by atoms with Crippen LogP contribution in [-0.2, 0) is 0 Å². The van der Waals surface area contributed by atoms with E-state index in [1.165, 1.54) is 0 Å². The highest BCUT2D eigenvalue weighted by Gasteiger charge is 1.93. The van der Waals surface area contributed by atoms with E-state index in [-0.39, 0.29) is 0 Å². The SMILES string of the molecule is COc1ccc(N)c(C)c1.N=CC=N. The fraction of sp³-hybridized carbons (Fsp3) is 0.200. The first-order chi connectivity index (χ1) is 6.65. The van der Waals surface area contributed by atoms with Gasteiger partial charge >= 0.3 is 0 Å². The number of nitrogens with two attached hydrogens (primary N) is 1. The Bertz CT molecular complexity index is 304. The molecule has 0 spiro atoms. The highest BCUT2D eigenvalue weighted by molar-refractivity contribution is 6.12. The molecule has 0 amide bonds. The summed E-state index contributed by atoms with van der Waals surface area (Å²) in [6, 6.07) is 5.60. The molecule has 4 N–H and O–H groups in total. The lowest BCUT2D eigenvalue weighted by atomic mass is 10.2. The van der Waals surface area contributed by atoms with Gasteiger partial charge in [0.25, 0.3) is 0 Å². The molecule has 4 heteroatoms. The van der Waals surface area contributed by atoms with Gasteiger partial charge in [0.05, 0.1) is 7.11 Å². The molecule has 0 aromatic heterocycles. The van der Waals surface area contributed by atoms with Crippen LogP contribution < -0.4 is 10.5 Å². The van der Waals surface area contributed by atoms with Crippen LogP contribution in [0.15, 0.2) is 18.2 Å². The third kappa shape index (κ3) is 4.25. The van der Waals surface area contributed by atoms with Gasteiger partial charge in [0, 0.05) is 18.1 Å². The number of anilines is 1. The van der Waals surface area contributed by atoms with E-state index in [2.05, 4.69) is 0 Å². The number of nitrogen functional groups attached to an aromatic ring is 1. The molecule has 0 aliphatic heterocycles. The smallest absolute Gasteiger partial charge is 0.119 e. The van der Waals surface area contributed by atoms with Crippen molar-refractivity contribution in [2.45, 2.75) is 6.92 Å². The number of rotatable bonds is 2. The third-order valence-electron chi connectivity index (χ3n) is 1.56. The van der Waals surface area contributed by atoms with Crippen LogP contribution in [0.5, 0.6) is 5.75 Å². The van der Waals surface area contributed by atoms with Crippen LogP contribution in [0.4, 0.5) is 5.69 Å². The van der Waals surface area contributed by atoms with Crippen LogP contribution in [0, 0.1) is 17.7 Å². The molecule has 1 rings (SSSR count). The maximum atomic E-state index is 6.08. The van der Waals surface area contributed by atoms with Crippen molar-refractivity contribution >= 4 is 18.1 Å². The zero-order valence-corrected chi connectivity index (χ0v) is 8.37. The third-order valence-corrected chi connectivity index (χ3v) is 1.56. The summed E-state index contributed by atoms with van der Waals surface area (Å²) >= 11 is 0. The molecule has 0 aliphatic rings. The normalized spacial score (nSPS) is 8.14. The summed E-state index contributed by atoms with van der Waals surface area (Å²) in [7, 11) is 1.64. The first-order valence-corrected chi connectivity index (χ1v) is 4.05. The minimum Gasteiger partial charge on any atom is -0.497 e. The molecule has 0 unspecified atom stereocenters. The fourth-order valence-electron chi connectivity index (χ4n) is 0.775. The minimum absolute atomic E-state index is 0.806. The van der Waals surface area contributed by atoms with Crippen molar-refractivity contribution in [3.05, 3.63) is 23.8 Å². The monoisotopic (exact) mass is 193 g/mol. The van der Waals surface area contributed by atoms with Crippen molar-refractivity contribution in [1.29, 1.82) is 10.8 Å². The number of hydrogen-bond donors (Lipinski definition) is 3. The van der Waals surface area contributed by atoms with E-state index in [1.807, 2.05) is 25.1 Å². The van der Waals surface area contributed by atoms with Crippen LogP contribution in [0.3, 0.4) is 0 Å². The Balaban J connectivity index is 0.000000364. The second kappa shape index (κ2) is 6.65. The predicted octanol–water partition coefficient (Wildman–Crippen LogP) is 1.87. The van der Waals surface area contributed by atoms with Gasteiger partial charge in [-0.1, -0.05) is 0 Å². The van der Waals surface area contributed by atoms with E-state index in [0.717, 1.165) is 29.4 Å². The molecular weight excluding hydrogens is 178 g/mol. The molecule has 0 radical (unpaired) electrons. The molecule has 0 saturated heterocycles. The first kappa shape index (κ1) is 12.2. The summed E-state index contributed by atoms with van der Waals surface area (Å²) < 4.78 is 4.99. The van der Waals surface area contributed by atoms with E-state index in [9.17, 15) is 0 Å². The molecule has 0 saturated carbocycles. The van der Waals surface area contributed by atoms with E-state index in [0.29, 0.717) is 0 Å². The van der Waals surface area contributed by atoms with Gasteiger partial charge in [-0.3, -0.25) is 0 Å². The molecule has 4 nitrogen and oxygen atoms in total. The van der Waals surface area contributed by atoms with Gasteiger partial charge in [0.1, 0.15) is 5.75 Å². The predicted molar refractivity (Wildman–Crippen MR) is 59.7 cm³/mol. The number of aryl methyl sites for hydroxylation is 1. The van der Waals surface area contributed by atoms with Crippen molar-refractivity contribution in [2.75, 3.05) is 12.8 Å². The van der Waals surface area contributed by atoms with Crippen LogP contribution in [0.1, 0.15) is 5.56 Å². The molecule has 14 heavy (non-hydrogen) atoms. The molecule has 76 valence electrons. The fourth-order valence-corrected chi connectivity index (χ4v) is 0.775. The standard InChI is InChI=1S/C8H11NO.C2H4N2/c1-6-5-7(10-2)3-4-8(6)9;3-1-2-4/h3-5H,9H2,1-2H3;1-4H. The Kier molecular flexibility index (Phi) is 5.78. The topological polar surface area (TPSA) is 83.0 Å². The average Bonchev–Trinajstić information content (AvgIpc) is 2.22. The van der Waals surface area contributed by atoms with Crippen molar-refractivity contribution in [3.8, 4) is 5.75 Å². The van der Waals surface area contributed by atoms with E-state index < -0.39 is 0 Å². The summed E-state index contributed by atoms with van der Waals surface area (Å²) in [5.74, 6) is 0.853. The van der Waals surface area contributed by atoms with E-state index in [4.69, 9.17) is 21.3 Å². The number of methoxy groups -OCH3 is 1.